The van der Waals surface area contributed by atoms with Crippen molar-refractivity contribution in [1.29, 1.82) is 0 Å². The van der Waals surface area contributed by atoms with E-state index in [9.17, 15) is 9.59 Å². The lowest BCUT2D eigenvalue weighted by molar-refractivity contribution is -0.116. The Morgan fingerprint density at radius 3 is 2.68 bits per heavy atom. The minimum Gasteiger partial charge on any atom is -0.408 e. The zero-order valence-corrected chi connectivity index (χ0v) is 18.0. The molecule has 1 aliphatic rings. The highest BCUT2D eigenvalue weighted by Crippen LogP contribution is 2.21. The van der Waals surface area contributed by atoms with E-state index < -0.39 is 0 Å². The number of likely N-dealkylation sites (N-methyl/N-ethyl adjacent to an activating group) is 1. The van der Waals surface area contributed by atoms with Gasteiger partial charge >= 0.3 is 5.76 Å². The summed E-state index contributed by atoms with van der Waals surface area (Å²) in [6, 6.07) is 5.34. The number of benzene rings is 1. The maximum Gasteiger partial charge on any atom is 0.419 e. The number of aromatic nitrogens is 1. The van der Waals surface area contributed by atoms with Crippen LogP contribution in [0.4, 0.5) is 5.69 Å². The van der Waals surface area contributed by atoms with Crippen molar-refractivity contribution in [1.82, 2.24) is 14.8 Å². The maximum absolute atomic E-state index is 12.3. The maximum atomic E-state index is 12.3. The number of hydrogen-bond donors (Lipinski definition) is 2. The molecule has 1 aromatic heterocycles. The van der Waals surface area contributed by atoms with Gasteiger partial charge in [-0.3, -0.25) is 9.36 Å². The minimum atomic E-state index is -0.365. The fourth-order valence-corrected chi connectivity index (χ4v) is 3.38. The molecule has 0 radical (unpaired) electrons. The van der Waals surface area contributed by atoms with Crippen LogP contribution in [-0.4, -0.2) is 49.1 Å². The number of nitrogens with zero attached hydrogens (tertiary/aromatic N) is 2. The lowest BCUT2D eigenvalue weighted by Gasteiger charge is -2.22. The molecule has 9 heteroatoms. The predicted octanol–water partition coefficient (Wildman–Crippen LogP) is 2.72. The number of anilines is 1. The average Bonchev–Trinajstić information content (AvgIpc) is 2.93. The Morgan fingerprint density at radius 1 is 1.29 bits per heavy atom. The van der Waals surface area contributed by atoms with Crippen LogP contribution in [0.2, 0.25) is 0 Å². The third-order valence-corrected chi connectivity index (χ3v) is 4.96. The van der Waals surface area contributed by atoms with E-state index in [1.165, 1.54) is 0 Å². The van der Waals surface area contributed by atoms with Gasteiger partial charge in [-0.15, -0.1) is 24.8 Å². The molecule has 0 bridgehead atoms. The Labute approximate surface area is 177 Å². The van der Waals surface area contributed by atoms with Crippen molar-refractivity contribution in [3.05, 3.63) is 28.7 Å². The van der Waals surface area contributed by atoms with Gasteiger partial charge in [0.2, 0.25) is 5.91 Å². The monoisotopic (exact) mass is 432 g/mol. The number of carbonyl (C=O) groups excluding carboxylic acids is 1. The summed E-state index contributed by atoms with van der Waals surface area (Å²) in [6.45, 7) is 3.38. The molecule has 0 spiro atoms. The van der Waals surface area contributed by atoms with Gasteiger partial charge in [-0.1, -0.05) is 0 Å². The van der Waals surface area contributed by atoms with Crippen molar-refractivity contribution in [2.75, 3.05) is 39.0 Å². The van der Waals surface area contributed by atoms with Crippen molar-refractivity contribution in [3.8, 4) is 0 Å². The molecule has 1 amide bonds. The third kappa shape index (κ3) is 6.51. The first kappa shape index (κ1) is 24.5. The van der Waals surface area contributed by atoms with Gasteiger partial charge in [0.15, 0.2) is 5.58 Å². The molecule has 28 heavy (non-hydrogen) atoms. The van der Waals surface area contributed by atoms with Crippen LogP contribution in [-0.2, 0) is 11.3 Å². The molecule has 0 unspecified atom stereocenters. The first-order valence-electron chi connectivity index (χ1n) is 9.31. The summed E-state index contributed by atoms with van der Waals surface area (Å²) in [5.74, 6) is 0.291. The summed E-state index contributed by atoms with van der Waals surface area (Å²) in [5, 5.41) is 6.30. The second-order valence-corrected chi connectivity index (χ2v) is 7.29. The highest BCUT2D eigenvalue weighted by Gasteiger charge is 2.15. The van der Waals surface area contributed by atoms with Crippen LogP contribution in [0.1, 0.15) is 25.7 Å². The number of carbonyl (C=O) groups is 1. The van der Waals surface area contributed by atoms with Crippen molar-refractivity contribution in [2.24, 2.45) is 5.92 Å². The van der Waals surface area contributed by atoms with E-state index in [2.05, 4.69) is 10.6 Å². The van der Waals surface area contributed by atoms with Crippen LogP contribution in [0.3, 0.4) is 0 Å². The summed E-state index contributed by atoms with van der Waals surface area (Å²) in [7, 11) is 3.92. The number of oxazole rings is 1. The molecule has 158 valence electrons. The lowest BCUT2D eigenvalue weighted by atomic mass is 9.93. The van der Waals surface area contributed by atoms with Crippen molar-refractivity contribution in [3.63, 3.8) is 0 Å². The second kappa shape index (κ2) is 11.5. The SMILES string of the molecule is CN(C)CCn1c(=O)oc2ccc(NC(=O)CCC3CCNCC3)cc21.Cl.Cl. The van der Waals surface area contributed by atoms with E-state index in [0.29, 0.717) is 35.7 Å². The molecule has 1 saturated heterocycles. The van der Waals surface area contributed by atoms with E-state index in [1.54, 1.807) is 16.7 Å². The molecule has 2 aromatic rings. The second-order valence-electron chi connectivity index (χ2n) is 7.29. The molecular formula is C19H30Cl2N4O3. The zero-order valence-electron chi connectivity index (χ0n) is 16.4. The summed E-state index contributed by atoms with van der Waals surface area (Å²) in [4.78, 5) is 26.3. The Hall–Kier alpha value is -1.54. The molecule has 2 heterocycles. The number of amides is 1. The molecule has 1 fully saturated rings. The summed E-state index contributed by atoms with van der Waals surface area (Å²) in [5.41, 5.74) is 1.96. The van der Waals surface area contributed by atoms with Crippen molar-refractivity contribution in [2.45, 2.75) is 32.2 Å². The van der Waals surface area contributed by atoms with Crippen molar-refractivity contribution < 1.29 is 9.21 Å². The number of nitrogens with one attached hydrogen (secondary N) is 2. The quantitative estimate of drug-likeness (QED) is 0.702. The number of rotatable bonds is 7. The fraction of sp³-hybridized carbons (Fsp3) is 0.579. The van der Waals surface area contributed by atoms with Crippen LogP contribution < -0.4 is 16.4 Å². The Bertz CT molecular complexity index is 813. The Morgan fingerprint density at radius 2 is 2.00 bits per heavy atom. The van der Waals surface area contributed by atoms with Gasteiger partial charge in [-0.2, -0.15) is 0 Å². The smallest absolute Gasteiger partial charge is 0.408 e. The standard InChI is InChI=1S/C19H28N4O3.2ClH/c1-22(2)11-12-23-16-13-15(4-5-17(16)26-19(23)25)21-18(24)6-3-14-7-9-20-10-8-14;;/h4-5,13-14,20H,3,6-12H2,1-2H3,(H,21,24);2*1H. The Balaban J connectivity index is 0.00000196. The van der Waals surface area contributed by atoms with Crippen LogP contribution in [0.5, 0.6) is 0 Å². The van der Waals surface area contributed by atoms with E-state index in [4.69, 9.17) is 4.42 Å². The van der Waals surface area contributed by atoms with Crippen LogP contribution in [0, 0.1) is 5.92 Å². The van der Waals surface area contributed by atoms with Crippen LogP contribution in [0.25, 0.3) is 11.1 Å². The van der Waals surface area contributed by atoms with Gasteiger partial charge in [0, 0.05) is 25.2 Å². The van der Waals surface area contributed by atoms with Gasteiger partial charge in [-0.25, -0.2) is 4.79 Å². The molecule has 0 atom stereocenters. The number of halogens is 2. The molecule has 1 aliphatic heterocycles. The molecule has 7 nitrogen and oxygen atoms in total. The van der Waals surface area contributed by atoms with Crippen LogP contribution in [0.15, 0.2) is 27.4 Å². The third-order valence-electron chi connectivity index (χ3n) is 4.96. The van der Waals surface area contributed by atoms with Gasteiger partial charge in [0.05, 0.1) is 5.52 Å². The number of hydrogen-bond acceptors (Lipinski definition) is 5. The van der Waals surface area contributed by atoms with Gasteiger partial charge in [0.1, 0.15) is 0 Å². The molecular weight excluding hydrogens is 403 g/mol. The predicted molar refractivity (Wildman–Crippen MR) is 117 cm³/mol. The Kier molecular flexibility index (Phi) is 10.0. The summed E-state index contributed by atoms with van der Waals surface area (Å²) < 4.78 is 6.90. The first-order chi connectivity index (χ1) is 12.5. The van der Waals surface area contributed by atoms with E-state index in [0.717, 1.165) is 38.9 Å². The van der Waals surface area contributed by atoms with Gasteiger partial charge in [0.25, 0.3) is 0 Å². The van der Waals surface area contributed by atoms with E-state index in [-0.39, 0.29) is 36.5 Å². The van der Waals surface area contributed by atoms with Gasteiger partial charge in [-0.05, 0) is 70.6 Å². The van der Waals surface area contributed by atoms with E-state index in [1.807, 2.05) is 25.1 Å². The molecule has 1 aromatic carbocycles. The average molecular weight is 433 g/mol. The van der Waals surface area contributed by atoms with E-state index >= 15 is 0 Å². The van der Waals surface area contributed by atoms with Crippen LogP contribution >= 0.6 is 24.8 Å². The molecule has 0 saturated carbocycles. The minimum absolute atomic E-state index is 0. The fourth-order valence-electron chi connectivity index (χ4n) is 3.38. The first-order valence-corrected chi connectivity index (χ1v) is 9.31. The molecule has 0 aliphatic carbocycles. The van der Waals surface area contributed by atoms with Gasteiger partial charge < -0.3 is 20.0 Å². The largest absolute Gasteiger partial charge is 0.419 e. The lowest BCUT2D eigenvalue weighted by Crippen LogP contribution is -2.28. The highest BCUT2D eigenvalue weighted by atomic mass is 35.5. The summed E-state index contributed by atoms with van der Waals surface area (Å²) in [6.07, 6.45) is 3.75. The van der Waals surface area contributed by atoms with Crippen molar-refractivity contribution >= 4 is 47.5 Å². The highest BCUT2D eigenvalue weighted by molar-refractivity contribution is 5.92. The number of fused-ring (bicyclic) bond motifs is 1. The normalized spacial score (nSPS) is 14.5. The zero-order chi connectivity index (χ0) is 18.5. The molecule has 2 N–H and O–H groups in total. The number of piperidine rings is 1. The molecule has 3 rings (SSSR count). The topological polar surface area (TPSA) is 79.5 Å². The summed E-state index contributed by atoms with van der Waals surface area (Å²) >= 11 is 0.